The summed E-state index contributed by atoms with van der Waals surface area (Å²) < 4.78 is 10.3. The third kappa shape index (κ3) is 5.03. The molecule has 0 fully saturated rings. The summed E-state index contributed by atoms with van der Waals surface area (Å²) >= 11 is 1.02. The van der Waals surface area contributed by atoms with Crippen LogP contribution in [0.4, 0.5) is 10.7 Å². The minimum absolute atomic E-state index is 0.166. The Balaban J connectivity index is 1.87. The zero-order chi connectivity index (χ0) is 21.5. The summed E-state index contributed by atoms with van der Waals surface area (Å²) in [6.07, 6.45) is 4.28. The monoisotopic (exact) mass is 424 g/mol. The van der Waals surface area contributed by atoms with Crippen molar-refractivity contribution < 1.29 is 23.5 Å². The number of esters is 1. The lowest BCUT2D eigenvalue weighted by molar-refractivity contribution is -0.111. The summed E-state index contributed by atoms with van der Waals surface area (Å²) in [5.41, 5.74) is 1.23. The first-order valence-electron chi connectivity index (χ1n) is 9.19. The maximum atomic E-state index is 12.8. The van der Waals surface area contributed by atoms with Crippen LogP contribution < -0.4 is 10.6 Å². The number of rotatable bonds is 7. The van der Waals surface area contributed by atoms with Crippen LogP contribution in [0.15, 0.2) is 59.2 Å². The van der Waals surface area contributed by atoms with Gasteiger partial charge in [-0.2, -0.15) is 0 Å². The summed E-state index contributed by atoms with van der Waals surface area (Å²) in [6, 6.07) is 12.4. The SMILES string of the molecule is CCOC(=O)c1c(NC(=O)/C=C/c2ccco2)sc(C(=O)Nc2ccccc2)c1C. The average molecular weight is 424 g/mol. The number of hydrogen-bond donors (Lipinski definition) is 2. The first-order valence-corrected chi connectivity index (χ1v) is 10.0. The Morgan fingerprint density at radius 1 is 1.10 bits per heavy atom. The second-order valence-electron chi connectivity index (χ2n) is 6.14. The zero-order valence-corrected chi connectivity index (χ0v) is 17.2. The van der Waals surface area contributed by atoms with Crippen LogP contribution in [-0.2, 0) is 9.53 Å². The Hall–Kier alpha value is -3.65. The van der Waals surface area contributed by atoms with Gasteiger partial charge in [-0.1, -0.05) is 18.2 Å². The van der Waals surface area contributed by atoms with E-state index in [2.05, 4.69) is 10.6 Å². The number of furan rings is 1. The van der Waals surface area contributed by atoms with Crippen molar-refractivity contribution in [2.75, 3.05) is 17.2 Å². The molecule has 2 aromatic heterocycles. The van der Waals surface area contributed by atoms with Gasteiger partial charge in [0.1, 0.15) is 10.8 Å². The Kier molecular flexibility index (Phi) is 6.82. The number of hydrogen-bond acceptors (Lipinski definition) is 6. The van der Waals surface area contributed by atoms with Gasteiger partial charge in [0.25, 0.3) is 5.91 Å². The highest BCUT2D eigenvalue weighted by Crippen LogP contribution is 2.34. The van der Waals surface area contributed by atoms with Gasteiger partial charge < -0.3 is 19.8 Å². The number of amides is 2. The van der Waals surface area contributed by atoms with Crippen LogP contribution in [0.2, 0.25) is 0 Å². The molecule has 30 heavy (non-hydrogen) atoms. The van der Waals surface area contributed by atoms with E-state index in [1.807, 2.05) is 6.07 Å². The molecule has 0 saturated carbocycles. The molecule has 1 aromatic carbocycles. The molecule has 0 unspecified atom stereocenters. The third-order valence-corrected chi connectivity index (χ3v) is 5.25. The Labute approximate surface area is 177 Å². The largest absolute Gasteiger partial charge is 0.465 e. The molecular formula is C22H20N2O5S. The summed E-state index contributed by atoms with van der Waals surface area (Å²) in [7, 11) is 0. The first kappa shape index (κ1) is 21.1. The highest BCUT2D eigenvalue weighted by Gasteiger charge is 2.26. The van der Waals surface area contributed by atoms with Gasteiger partial charge in [-0.05, 0) is 49.8 Å². The molecule has 2 heterocycles. The average Bonchev–Trinajstić information content (AvgIpc) is 3.35. The number of benzene rings is 1. The lowest BCUT2D eigenvalue weighted by Crippen LogP contribution is -2.13. The second-order valence-corrected chi connectivity index (χ2v) is 7.16. The lowest BCUT2D eigenvalue weighted by atomic mass is 10.1. The van der Waals surface area contributed by atoms with Crippen LogP contribution in [0.1, 0.15) is 38.3 Å². The standard InChI is InChI=1S/C22H20N2O5S/c1-3-28-22(27)18-14(2)19(20(26)23-15-8-5-4-6-9-15)30-21(18)24-17(25)12-11-16-10-7-13-29-16/h4-13H,3H2,1-2H3,(H,23,26)(H,24,25)/b12-11+. The molecule has 3 rings (SSSR count). The summed E-state index contributed by atoms with van der Waals surface area (Å²) in [5, 5.41) is 5.70. The van der Waals surface area contributed by atoms with Crippen molar-refractivity contribution in [1.29, 1.82) is 0 Å². The van der Waals surface area contributed by atoms with E-state index in [1.54, 1.807) is 50.2 Å². The number of carbonyl (C=O) groups is 3. The van der Waals surface area contributed by atoms with Crippen LogP contribution in [0.5, 0.6) is 0 Å². The molecule has 0 saturated heterocycles. The molecule has 0 atom stereocenters. The highest BCUT2D eigenvalue weighted by atomic mass is 32.1. The van der Waals surface area contributed by atoms with E-state index in [0.717, 1.165) is 11.3 Å². The number of ether oxygens (including phenoxy) is 1. The Morgan fingerprint density at radius 2 is 1.87 bits per heavy atom. The van der Waals surface area contributed by atoms with Gasteiger partial charge in [0.2, 0.25) is 5.91 Å². The van der Waals surface area contributed by atoms with Crippen molar-refractivity contribution in [3.8, 4) is 0 Å². The van der Waals surface area contributed by atoms with Gasteiger partial charge in [-0.25, -0.2) is 4.79 Å². The van der Waals surface area contributed by atoms with Crippen molar-refractivity contribution in [2.24, 2.45) is 0 Å². The summed E-state index contributed by atoms with van der Waals surface area (Å²) in [5.74, 6) is -0.925. The molecule has 0 spiro atoms. The maximum absolute atomic E-state index is 12.8. The van der Waals surface area contributed by atoms with Gasteiger partial charge in [0.05, 0.1) is 23.3 Å². The highest BCUT2D eigenvalue weighted by molar-refractivity contribution is 7.19. The predicted octanol–water partition coefficient (Wildman–Crippen LogP) is 4.73. The van der Waals surface area contributed by atoms with Crippen molar-refractivity contribution in [1.82, 2.24) is 0 Å². The van der Waals surface area contributed by atoms with Crippen LogP contribution in [0, 0.1) is 6.92 Å². The molecule has 8 heteroatoms. The molecule has 0 aliphatic carbocycles. The quantitative estimate of drug-likeness (QED) is 0.422. The van der Waals surface area contributed by atoms with E-state index in [-0.39, 0.29) is 23.1 Å². The van der Waals surface area contributed by atoms with Crippen LogP contribution in [0.3, 0.4) is 0 Å². The molecule has 3 aromatic rings. The van der Waals surface area contributed by atoms with E-state index in [4.69, 9.17) is 9.15 Å². The van der Waals surface area contributed by atoms with Crippen molar-refractivity contribution >= 4 is 45.9 Å². The Bertz CT molecular complexity index is 1070. The normalized spacial score (nSPS) is 10.7. The summed E-state index contributed by atoms with van der Waals surface area (Å²) in [6.45, 7) is 3.51. The van der Waals surface area contributed by atoms with Gasteiger partial charge in [0.15, 0.2) is 0 Å². The number of carbonyl (C=O) groups excluding carboxylic acids is 3. The molecule has 0 aliphatic heterocycles. The minimum atomic E-state index is -0.602. The van der Waals surface area contributed by atoms with E-state index in [9.17, 15) is 14.4 Å². The number of anilines is 2. The lowest BCUT2D eigenvalue weighted by Gasteiger charge is -2.06. The molecule has 2 N–H and O–H groups in total. The molecular weight excluding hydrogens is 404 g/mol. The summed E-state index contributed by atoms with van der Waals surface area (Å²) in [4.78, 5) is 37.9. The molecule has 2 amide bonds. The third-order valence-electron chi connectivity index (χ3n) is 4.04. The number of nitrogens with one attached hydrogen (secondary N) is 2. The second kappa shape index (κ2) is 9.71. The van der Waals surface area contributed by atoms with Crippen LogP contribution in [0.25, 0.3) is 6.08 Å². The van der Waals surface area contributed by atoms with Crippen molar-refractivity contribution in [3.05, 3.63) is 76.6 Å². The van der Waals surface area contributed by atoms with E-state index in [0.29, 0.717) is 21.9 Å². The first-order chi connectivity index (χ1) is 14.5. The van der Waals surface area contributed by atoms with Crippen LogP contribution in [-0.4, -0.2) is 24.4 Å². The van der Waals surface area contributed by atoms with Gasteiger partial charge in [-0.15, -0.1) is 11.3 Å². The fourth-order valence-corrected chi connectivity index (χ4v) is 3.77. The zero-order valence-electron chi connectivity index (χ0n) is 16.4. The molecule has 0 aliphatic rings. The van der Waals surface area contributed by atoms with E-state index >= 15 is 0 Å². The topological polar surface area (TPSA) is 97.6 Å². The van der Waals surface area contributed by atoms with Gasteiger partial charge >= 0.3 is 5.97 Å². The number of thiophene rings is 1. The minimum Gasteiger partial charge on any atom is -0.465 e. The van der Waals surface area contributed by atoms with E-state index < -0.39 is 11.9 Å². The predicted molar refractivity (Wildman–Crippen MR) is 116 cm³/mol. The Morgan fingerprint density at radius 3 is 2.53 bits per heavy atom. The van der Waals surface area contributed by atoms with Gasteiger partial charge in [-0.3, -0.25) is 9.59 Å². The maximum Gasteiger partial charge on any atom is 0.341 e. The van der Waals surface area contributed by atoms with Crippen molar-refractivity contribution in [3.63, 3.8) is 0 Å². The van der Waals surface area contributed by atoms with Crippen LogP contribution >= 0.6 is 11.3 Å². The molecule has 154 valence electrons. The molecule has 0 radical (unpaired) electrons. The van der Waals surface area contributed by atoms with Gasteiger partial charge in [0, 0.05) is 11.8 Å². The molecule has 0 bridgehead atoms. The molecule has 7 nitrogen and oxygen atoms in total. The van der Waals surface area contributed by atoms with E-state index in [1.165, 1.54) is 18.4 Å². The fraction of sp³-hybridized carbons (Fsp3) is 0.136. The smallest absolute Gasteiger partial charge is 0.341 e. The number of para-hydroxylation sites is 1. The fourth-order valence-electron chi connectivity index (χ4n) is 2.67. The van der Waals surface area contributed by atoms with Crippen molar-refractivity contribution in [2.45, 2.75) is 13.8 Å².